The first-order valence-electron chi connectivity index (χ1n) is 8.95. The maximum absolute atomic E-state index is 4.66. The minimum Gasteiger partial charge on any atom is -0.372 e. The number of hydrogen-bond acceptors (Lipinski definition) is 4. The SMILES string of the molecule is CCNC(=NCc1scnc1C)NCCCN(CC)c1ccccc1. The second-order valence-corrected chi connectivity index (χ2v) is 6.69. The smallest absolute Gasteiger partial charge is 0.191 e. The van der Waals surface area contributed by atoms with Crippen molar-refractivity contribution in [1.29, 1.82) is 0 Å². The van der Waals surface area contributed by atoms with Crippen molar-refractivity contribution in [2.75, 3.05) is 31.1 Å². The number of aromatic nitrogens is 1. The Kier molecular flexibility index (Phi) is 8.25. The molecule has 0 bridgehead atoms. The highest BCUT2D eigenvalue weighted by Gasteiger charge is 2.04. The van der Waals surface area contributed by atoms with Crippen molar-refractivity contribution >= 4 is 23.0 Å². The Balaban J connectivity index is 1.79. The average molecular weight is 360 g/mol. The average Bonchev–Trinajstić information content (AvgIpc) is 3.05. The van der Waals surface area contributed by atoms with Gasteiger partial charge in [-0.05, 0) is 39.3 Å². The Morgan fingerprint density at radius 1 is 1.20 bits per heavy atom. The lowest BCUT2D eigenvalue weighted by Crippen LogP contribution is -2.38. The van der Waals surface area contributed by atoms with Crippen LogP contribution >= 0.6 is 11.3 Å². The maximum Gasteiger partial charge on any atom is 0.191 e. The van der Waals surface area contributed by atoms with Crippen LogP contribution in [0.25, 0.3) is 0 Å². The molecule has 1 heterocycles. The maximum atomic E-state index is 4.66. The summed E-state index contributed by atoms with van der Waals surface area (Å²) >= 11 is 1.66. The van der Waals surface area contributed by atoms with Gasteiger partial charge in [-0.3, -0.25) is 0 Å². The van der Waals surface area contributed by atoms with Crippen molar-refractivity contribution in [3.05, 3.63) is 46.4 Å². The molecule has 2 rings (SSSR count). The van der Waals surface area contributed by atoms with E-state index in [1.54, 1.807) is 11.3 Å². The number of aryl methyl sites for hydroxylation is 1. The van der Waals surface area contributed by atoms with Gasteiger partial charge in [0.05, 0.1) is 17.7 Å². The van der Waals surface area contributed by atoms with E-state index in [2.05, 4.69) is 69.7 Å². The van der Waals surface area contributed by atoms with Crippen LogP contribution in [0.3, 0.4) is 0 Å². The van der Waals surface area contributed by atoms with E-state index < -0.39 is 0 Å². The molecule has 0 atom stereocenters. The second-order valence-electron chi connectivity index (χ2n) is 5.75. The van der Waals surface area contributed by atoms with E-state index in [4.69, 9.17) is 0 Å². The van der Waals surface area contributed by atoms with Crippen LogP contribution in [0.1, 0.15) is 30.8 Å². The van der Waals surface area contributed by atoms with Gasteiger partial charge in [0.15, 0.2) is 5.96 Å². The minimum atomic E-state index is 0.678. The van der Waals surface area contributed by atoms with Gasteiger partial charge in [0, 0.05) is 36.7 Å². The molecule has 0 saturated heterocycles. The number of nitrogens with zero attached hydrogens (tertiary/aromatic N) is 3. The number of thiazole rings is 1. The van der Waals surface area contributed by atoms with Crippen LogP contribution in [0.5, 0.6) is 0 Å². The molecule has 0 aliphatic heterocycles. The first kappa shape index (κ1) is 19.2. The highest BCUT2D eigenvalue weighted by molar-refractivity contribution is 7.09. The summed E-state index contributed by atoms with van der Waals surface area (Å²) in [6.07, 6.45) is 1.06. The third-order valence-electron chi connectivity index (χ3n) is 3.97. The van der Waals surface area contributed by atoms with Crippen molar-refractivity contribution in [2.24, 2.45) is 4.99 Å². The highest BCUT2D eigenvalue weighted by Crippen LogP contribution is 2.13. The van der Waals surface area contributed by atoms with Gasteiger partial charge in [0.2, 0.25) is 0 Å². The number of aliphatic imine (C=N–C) groups is 1. The molecule has 0 amide bonds. The molecule has 0 radical (unpaired) electrons. The zero-order valence-corrected chi connectivity index (χ0v) is 16.3. The third-order valence-corrected chi connectivity index (χ3v) is 4.89. The molecule has 0 fully saturated rings. The highest BCUT2D eigenvalue weighted by atomic mass is 32.1. The van der Waals surface area contributed by atoms with Gasteiger partial charge in [-0.15, -0.1) is 11.3 Å². The lowest BCUT2D eigenvalue weighted by atomic mass is 10.2. The van der Waals surface area contributed by atoms with Gasteiger partial charge >= 0.3 is 0 Å². The Hall–Kier alpha value is -2.08. The van der Waals surface area contributed by atoms with Crippen LogP contribution in [0.2, 0.25) is 0 Å². The number of para-hydroxylation sites is 1. The van der Waals surface area contributed by atoms with E-state index in [-0.39, 0.29) is 0 Å². The number of hydrogen-bond donors (Lipinski definition) is 2. The van der Waals surface area contributed by atoms with Gasteiger partial charge in [-0.25, -0.2) is 9.98 Å². The Bertz CT molecular complexity index is 638. The predicted octanol–water partition coefficient (Wildman–Crippen LogP) is 3.42. The molecule has 6 heteroatoms. The summed E-state index contributed by atoms with van der Waals surface area (Å²) in [7, 11) is 0. The second kappa shape index (κ2) is 10.7. The van der Waals surface area contributed by atoms with E-state index in [0.717, 1.165) is 44.3 Å². The van der Waals surface area contributed by atoms with Gasteiger partial charge in [0.1, 0.15) is 0 Å². The van der Waals surface area contributed by atoms with Crippen LogP contribution in [-0.2, 0) is 6.54 Å². The van der Waals surface area contributed by atoms with Crippen LogP contribution in [0, 0.1) is 6.92 Å². The summed E-state index contributed by atoms with van der Waals surface area (Å²) in [6.45, 7) is 10.8. The van der Waals surface area contributed by atoms with Crippen molar-refractivity contribution < 1.29 is 0 Å². The van der Waals surface area contributed by atoms with E-state index in [0.29, 0.717) is 6.54 Å². The van der Waals surface area contributed by atoms with Crippen LogP contribution in [0.4, 0.5) is 5.69 Å². The molecule has 1 aromatic carbocycles. The molecular weight excluding hydrogens is 330 g/mol. The topological polar surface area (TPSA) is 52.6 Å². The summed E-state index contributed by atoms with van der Waals surface area (Å²) in [5.74, 6) is 0.873. The lowest BCUT2D eigenvalue weighted by Gasteiger charge is -2.23. The summed E-state index contributed by atoms with van der Waals surface area (Å²) in [5, 5.41) is 6.74. The third kappa shape index (κ3) is 6.38. The molecule has 5 nitrogen and oxygen atoms in total. The quantitative estimate of drug-likeness (QED) is 0.409. The number of rotatable bonds is 9. The molecule has 0 aliphatic carbocycles. The predicted molar refractivity (Wildman–Crippen MR) is 109 cm³/mol. The normalized spacial score (nSPS) is 11.4. The molecule has 0 spiro atoms. The molecule has 0 saturated carbocycles. The van der Waals surface area contributed by atoms with E-state index in [1.165, 1.54) is 10.6 Å². The zero-order chi connectivity index (χ0) is 17.9. The summed E-state index contributed by atoms with van der Waals surface area (Å²) in [4.78, 5) is 12.6. The van der Waals surface area contributed by atoms with Crippen molar-refractivity contribution in [1.82, 2.24) is 15.6 Å². The number of benzene rings is 1. The van der Waals surface area contributed by atoms with Crippen LogP contribution < -0.4 is 15.5 Å². The Labute approximate surface area is 155 Å². The van der Waals surface area contributed by atoms with Gasteiger partial charge in [-0.2, -0.15) is 0 Å². The molecule has 2 aromatic rings. The summed E-state index contributed by atoms with van der Waals surface area (Å²) in [6, 6.07) is 10.6. The van der Waals surface area contributed by atoms with Gasteiger partial charge < -0.3 is 15.5 Å². The fourth-order valence-electron chi connectivity index (χ4n) is 2.56. The zero-order valence-electron chi connectivity index (χ0n) is 15.5. The molecular formula is C19H29N5S. The van der Waals surface area contributed by atoms with Crippen LogP contribution in [0.15, 0.2) is 40.8 Å². The molecule has 0 aliphatic rings. The van der Waals surface area contributed by atoms with Crippen molar-refractivity contribution in [2.45, 2.75) is 33.7 Å². The number of anilines is 1. The van der Waals surface area contributed by atoms with Gasteiger partial charge in [0.25, 0.3) is 0 Å². The molecule has 0 unspecified atom stereocenters. The fraction of sp³-hybridized carbons (Fsp3) is 0.474. The standard InChI is InChI=1S/C19H29N5S/c1-4-20-19(22-14-18-16(3)23-15-25-18)21-12-9-13-24(5-2)17-10-7-6-8-11-17/h6-8,10-11,15H,4-5,9,12-14H2,1-3H3,(H2,20,21,22). The van der Waals surface area contributed by atoms with Crippen molar-refractivity contribution in [3.8, 4) is 0 Å². The molecule has 2 N–H and O–H groups in total. The first-order chi connectivity index (χ1) is 12.2. The Morgan fingerprint density at radius 3 is 2.64 bits per heavy atom. The monoisotopic (exact) mass is 359 g/mol. The summed E-state index contributed by atoms with van der Waals surface area (Å²) in [5.41, 5.74) is 4.24. The molecule has 25 heavy (non-hydrogen) atoms. The first-order valence-corrected chi connectivity index (χ1v) is 9.83. The van der Waals surface area contributed by atoms with Gasteiger partial charge in [-0.1, -0.05) is 18.2 Å². The van der Waals surface area contributed by atoms with E-state index >= 15 is 0 Å². The number of nitrogens with one attached hydrogen (secondary N) is 2. The fourth-order valence-corrected chi connectivity index (χ4v) is 3.26. The molecule has 136 valence electrons. The Morgan fingerprint density at radius 2 is 2.00 bits per heavy atom. The lowest BCUT2D eigenvalue weighted by molar-refractivity contribution is 0.709. The minimum absolute atomic E-state index is 0.678. The van der Waals surface area contributed by atoms with E-state index in [1.807, 2.05) is 12.4 Å². The van der Waals surface area contributed by atoms with Crippen molar-refractivity contribution in [3.63, 3.8) is 0 Å². The molecule has 1 aromatic heterocycles. The largest absolute Gasteiger partial charge is 0.372 e. The van der Waals surface area contributed by atoms with E-state index in [9.17, 15) is 0 Å². The summed E-state index contributed by atoms with van der Waals surface area (Å²) < 4.78 is 0. The number of guanidine groups is 1. The van der Waals surface area contributed by atoms with Crippen LogP contribution in [-0.4, -0.2) is 37.1 Å².